The van der Waals surface area contributed by atoms with Crippen LogP contribution in [0.4, 0.5) is 0 Å². The summed E-state index contributed by atoms with van der Waals surface area (Å²) in [5, 5.41) is 12.5. The molecule has 2 amide bonds. The van der Waals surface area contributed by atoms with Crippen molar-refractivity contribution in [3.63, 3.8) is 0 Å². The summed E-state index contributed by atoms with van der Waals surface area (Å²) in [5.74, 6) is -0.365. The third kappa shape index (κ3) is 4.00. The Labute approximate surface area is 169 Å². The molecule has 7 nitrogen and oxygen atoms in total. The van der Waals surface area contributed by atoms with Crippen LogP contribution in [0.3, 0.4) is 0 Å². The molecule has 0 aliphatic carbocycles. The van der Waals surface area contributed by atoms with Crippen LogP contribution in [0.1, 0.15) is 27.8 Å². The molecular weight excluding hydrogens is 368 g/mol. The number of benzene rings is 2. The number of carbonyl (C=O) groups excluding carboxylic acids is 2. The first-order valence-corrected chi connectivity index (χ1v) is 9.82. The van der Waals surface area contributed by atoms with Gasteiger partial charge in [-0.1, -0.05) is 30.3 Å². The lowest BCUT2D eigenvalue weighted by Crippen LogP contribution is -2.38. The van der Waals surface area contributed by atoms with Gasteiger partial charge in [-0.25, -0.2) is 4.98 Å². The summed E-state index contributed by atoms with van der Waals surface area (Å²) in [6, 6.07) is 13.5. The SMILES string of the molecule is CCn1cnc(C(=O)N2CCN(C(=O)c3ccc4ccccc4c3)CC(O)C2)c1. The lowest BCUT2D eigenvalue weighted by Gasteiger charge is -2.22. The topological polar surface area (TPSA) is 78.7 Å². The Morgan fingerprint density at radius 1 is 1.03 bits per heavy atom. The first-order chi connectivity index (χ1) is 14.0. The molecule has 2 heterocycles. The number of imidazole rings is 1. The number of aliphatic hydroxyl groups excluding tert-OH is 1. The van der Waals surface area contributed by atoms with Crippen LogP contribution in [0, 0.1) is 0 Å². The molecule has 1 unspecified atom stereocenters. The highest BCUT2D eigenvalue weighted by Gasteiger charge is 2.28. The fraction of sp³-hybridized carbons (Fsp3) is 0.318. The highest BCUT2D eigenvalue weighted by Crippen LogP contribution is 2.18. The number of rotatable bonds is 3. The van der Waals surface area contributed by atoms with Crippen molar-refractivity contribution in [1.29, 1.82) is 0 Å². The summed E-state index contributed by atoms with van der Waals surface area (Å²) in [4.78, 5) is 33.1. The number of hydrogen-bond donors (Lipinski definition) is 1. The van der Waals surface area contributed by atoms with Gasteiger partial charge in [0.05, 0.1) is 12.4 Å². The molecule has 1 aliphatic heterocycles. The van der Waals surface area contributed by atoms with Crippen molar-refractivity contribution in [2.24, 2.45) is 0 Å². The average molecular weight is 392 g/mol. The number of β-amino-alcohol motifs (C(OH)–C–C–N with tert-alkyl or cyclic N) is 1. The van der Waals surface area contributed by atoms with E-state index in [2.05, 4.69) is 4.98 Å². The minimum absolute atomic E-state index is 0.139. The third-order valence-electron chi connectivity index (χ3n) is 5.29. The maximum absolute atomic E-state index is 13.0. The van der Waals surface area contributed by atoms with E-state index >= 15 is 0 Å². The predicted molar refractivity (Wildman–Crippen MR) is 110 cm³/mol. The maximum atomic E-state index is 13.0. The molecule has 1 N–H and O–H groups in total. The van der Waals surface area contributed by atoms with Crippen molar-refractivity contribution in [2.75, 3.05) is 26.2 Å². The van der Waals surface area contributed by atoms with Crippen LogP contribution in [0.15, 0.2) is 55.0 Å². The van der Waals surface area contributed by atoms with Gasteiger partial charge in [-0.15, -0.1) is 0 Å². The number of aryl methyl sites for hydroxylation is 1. The van der Waals surface area contributed by atoms with Crippen LogP contribution in [-0.2, 0) is 6.54 Å². The number of nitrogens with zero attached hydrogens (tertiary/aromatic N) is 4. The van der Waals surface area contributed by atoms with Crippen molar-refractivity contribution < 1.29 is 14.7 Å². The van der Waals surface area contributed by atoms with Crippen LogP contribution in [-0.4, -0.2) is 68.6 Å². The van der Waals surface area contributed by atoms with Gasteiger partial charge in [-0.2, -0.15) is 0 Å². The van der Waals surface area contributed by atoms with E-state index in [1.807, 2.05) is 54.0 Å². The van der Waals surface area contributed by atoms with Gasteiger partial charge in [0.25, 0.3) is 11.8 Å². The van der Waals surface area contributed by atoms with Gasteiger partial charge in [0, 0.05) is 44.5 Å². The monoisotopic (exact) mass is 392 g/mol. The summed E-state index contributed by atoms with van der Waals surface area (Å²) in [5.41, 5.74) is 0.936. The molecular formula is C22H24N4O3. The Morgan fingerprint density at radius 3 is 2.41 bits per heavy atom. The number of fused-ring (bicyclic) bond motifs is 1. The number of hydrogen-bond acceptors (Lipinski definition) is 4. The molecule has 2 aromatic carbocycles. The van der Waals surface area contributed by atoms with Gasteiger partial charge in [0.1, 0.15) is 5.69 Å². The minimum atomic E-state index is -0.806. The van der Waals surface area contributed by atoms with E-state index in [1.165, 1.54) is 0 Å². The highest BCUT2D eigenvalue weighted by molar-refractivity contribution is 5.98. The molecule has 0 bridgehead atoms. The van der Waals surface area contributed by atoms with E-state index in [9.17, 15) is 14.7 Å². The van der Waals surface area contributed by atoms with E-state index in [-0.39, 0.29) is 24.9 Å². The number of aromatic nitrogens is 2. The Kier molecular flexibility index (Phi) is 5.31. The molecule has 4 rings (SSSR count). The second-order valence-electron chi connectivity index (χ2n) is 7.31. The van der Waals surface area contributed by atoms with Gasteiger partial charge < -0.3 is 19.5 Å². The van der Waals surface area contributed by atoms with E-state index in [0.29, 0.717) is 24.3 Å². The molecule has 1 aliphatic rings. The summed E-state index contributed by atoms with van der Waals surface area (Å²) in [6.07, 6.45) is 2.52. The Hall–Kier alpha value is -3.19. The quantitative estimate of drug-likeness (QED) is 0.740. The fourth-order valence-electron chi connectivity index (χ4n) is 3.67. The second-order valence-corrected chi connectivity index (χ2v) is 7.31. The second kappa shape index (κ2) is 8.05. The fourth-order valence-corrected chi connectivity index (χ4v) is 3.67. The van der Waals surface area contributed by atoms with Gasteiger partial charge >= 0.3 is 0 Å². The third-order valence-corrected chi connectivity index (χ3v) is 5.29. The van der Waals surface area contributed by atoms with E-state index < -0.39 is 6.10 Å². The Morgan fingerprint density at radius 2 is 1.72 bits per heavy atom. The van der Waals surface area contributed by atoms with E-state index in [0.717, 1.165) is 17.3 Å². The predicted octanol–water partition coefficient (Wildman–Crippen LogP) is 2.02. The standard InChI is InChI=1S/C22H24N4O3/c1-2-24-14-20(23-15-24)22(29)26-10-9-25(12-19(27)13-26)21(28)18-8-7-16-5-3-4-6-17(16)11-18/h3-8,11,14-15,19,27H,2,9-10,12-13H2,1H3. The maximum Gasteiger partial charge on any atom is 0.274 e. The zero-order valence-corrected chi connectivity index (χ0v) is 16.4. The summed E-state index contributed by atoms with van der Waals surface area (Å²) < 4.78 is 1.83. The highest BCUT2D eigenvalue weighted by atomic mass is 16.3. The molecule has 0 spiro atoms. The van der Waals surface area contributed by atoms with Crippen LogP contribution < -0.4 is 0 Å². The molecule has 0 radical (unpaired) electrons. The first-order valence-electron chi connectivity index (χ1n) is 9.82. The van der Waals surface area contributed by atoms with Crippen LogP contribution in [0.5, 0.6) is 0 Å². The van der Waals surface area contributed by atoms with Crippen molar-refractivity contribution in [3.05, 3.63) is 66.2 Å². The molecule has 1 aromatic heterocycles. The largest absolute Gasteiger partial charge is 0.389 e. The van der Waals surface area contributed by atoms with Crippen molar-refractivity contribution in [2.45, 2.75) is 19.6 Å². The van der Waals surface area contributed by atoms with Crippen molar-refractivity contribution >= 4 is 22.6 Å². The number of amides is 2. The minimum Gasteiger partial charge on any atom is -0.389 e. The average Bonchev–Trinajstić information content (AvgIpc) is 3.14. The van der Waals surface area contributed by atoms with Gasteiger partial charge in [-0.3, -0.25) is 9.59 Å². The normalized spacial score (nSPS) is 17.4. The lowest BCUT2D eigenvalue weighted by atomic mass is 10.1. The molecule has 29 heavy (non-hydrogen) atoms. The van der Waals surface area contributed by atoms with Crippen molar-refractivity contribution in [1.82, 2.24) is 19.4 Å². The molecule has 1 fully saturated rings. The molecule has 150 valence electrons. The smallest absolute Gasteiger partial charge is 0.274 e. The zero-order valence-electron chi connectivity index (χ0n) is 16.4. The van der Waals surface area contributed by atoms with Crippen LogP contribution in [0.25, 0.3) is 10.8 Å². The molecule has 1 saturated heterocycles. The molecule has 1 atom stereocenters. The van der Waals surface area contributed by atoms with Gasteiger partial charge in [-0.05, 0) is 29.8 Å². The summed E-state index contributed by atoms with van der Waals surface area (Å²) in [7, 11) is 0. The van der Waals surface area contributed by atoms with Crippen LogP contribution >= 0.6 is 0 Å². The first kappa shape index (κ1) is 19.1. The molecule has 3 aromatic rings. The van der Waals surface area contributed by atoms with E-state index in [4.69, 9.17) is 0 Å². The number of aliphatic hydroxyl groups is 1. The van der Waals surface area contributed by atoms with E-state index in [1.54, 1.807) is 22.3 Å². The van der Waals surface area contributed by atoms with Gasteiger partial charge in [0.2, 0.25) is 0 Å². The Bertz CT molecular complexity index is 1050. The summed E-state index contributed by atoms with van der Waals surface area (Å²) >= 11 is 0. The zero-order chi connectivity index (χ0) is 20.4. The number of carbonyl (C=O) groups is 2. The molecule has 7 heteroatoms. The van der Waals surface area contributed by atoms with Crippen molar-refractivity contribution in [3.8, 4) is 0 Å². The van der Waals surface area contributed by atoms with Gasteiger partial charge in [0.15, 0.2) is 0 Å². The lowest BCUT2D eigenvalue weighted by molar-refractivity contribution is 0.0629. The van der Waals surface area contributed by atoms with Crippen LogP contribution in [0.2, 0.25) is 0 Å². The summed E-state index contributed by atoms with van der Waals surface area (Å²) in [6.45, 7) is 3.80. The Balaban J connectivity index is 1.49. The molecule has 0 saturated carbocycles.